The summed E-state index contributed by atoms with van der Waals surface area (Å²) in [4.78, 5) is 8.58. The van der Waals surface area contributed by atoms with Crippen LogP contribution in [-0.4, -0.2) is 9.97 Å². The van der Waals surface area contributed by atoms with Crippen molar-refractivity contribution in [3.63, 3.8) is 0 Å². The minimum Gasteiger partial charge on any atom is -0.233 e. The largest absolute Gasteiger partial charge is 0.233 e. The number of aromatic nitrogens is 2. The van der Waals surface area contributed by atoms with Crippen LogP contribution in [0.5, 0.6) is 0 Å². The Hall–Kier alpha value is -1.63. The molecule has 0 unspecified atom stereocenters. The normalized spacial score (nSPS) is 10.2. The Kier molecular flexibility index (Phi) is 3.51. The van der Waals surface area contributed by atoms with Gasteiger partial charge in [-0.15, -0.1) is 0 Å². The average Bonchev–Trinajstić information content (AvgIpc) is 2.36. The zero-order valence-electron chi connectivity index (χ0n) is 9.83. The number of hydrogen-bond donors (Lipinski definition) is 0. The van der Waals surface area contributed by atoms with Gasteiger partial charge in [0.2, 0.25) is 0 Å². The zero-order valence-corrected chi connectivity index (χ0v) is 11.3. The van der Waals surface area contributed by atoms with Crippen LogP contribution in [-0.2, 0) is 0 Å². The number of rotatable bonds is 1. The van der Waals surface area contributed by atoms with E-state index in [-0.39, 0.29) is 0 Å². The van der Waals surface area contributed by atoms with Gasteiger partial charge in [-0.2, -0.15) is 5.26 Å². The maximum atomic E-state index is 9.03. The van der Waals surface area contributed by atoms with Gasteiger partial charge in [0.05, 0.1) is 10.0 Å². The number of aryl methyl sites for hydroxylation is 1. The molecule has 90 valence electrons. The zero-order chi connectivity index (χ0) is 13.3. The summed E-state index contributed by atoms with van der Waals surface area (Å²) >= 11 is 11.8. The minimum atomic E-state index is 0.378. The quantitative estimate of drug-likeness (QED) is 0.793. The van der Waals surface area contributed by atoms with E-state index in [4.69, 9.17) is 28.5 Å². The van der Waals surface area contributed by atoms with Crippen LogP contribution in [0.4, 0.5) is 0 Å². The van der Waals surface area contributed by atoms with E-state index in [0.29, 0.717) is 21.6 Å². The van der Waals surface area contributed by atoms with Gasteiger partial charge in [0.25, 0.3) is 0 Å². The number of nitriles is 1. The Labute approximate surface area is 115 Å². The molecular formula is C13H9Cl2N3. The van der Waals surface area contributed by atoms with Crippen molar-refractivity contribution in [1.29, 1.82) is 5.26 Å². The summed E-state index contributed by atoms with van der Waals surface area (Å²) in [7, 11) is 0. The lowest BCUT2D eigenvalue weighted by molar-refractivity contribution is 1.05. The average molecular weight is 278 g/mol. The molecular weight excluding hydrogens is 269 g/mol. The van der Waals surface area contributed by atoms with Crippen molar-refractivity contribution in [3.05, 3.63) is 45.2 Å². The summed E-state index contributed by atoms with van der Waals surface area (Å²) in [6.07, 6.45) is 0. The summed E-state index contributed by atoms with van der Waals surface area (Å²) in [5, 5.41) is 9.94. The van der Waals surface area contributed by atoms with E-state index < -0.39 is 0 Å². The van der Waals surface area contributed by atoms with Gasteiger partial charge in [-0.3, -0.25) is 0 Å². The fraction of sp³-hybridized carbons (Fsp3) is 0.154. The highest BCUT2D eigenvalue weighted by molar-refractivity contribution is 6.42. The first-order chi connectivity index (χ1) is 8.52. The van der Waals surface area contributed by atoms with E-state index in [1.54, 1.807) is 18.2 Å². The molecule has 2 aromatic rings. The highest BCUT2D eigenvalue weighted by atomic mass is 35.5. The number of benzene rings is 1. The van der Waals surface area contributed by atoms with E-state index in [2.05, 4.69) is 16.0 Å². The topological polar surface area (TPSA) is 49.6 Å². The van der Waals surface area contributed by atoms with E-state index in [9.17, 15) is 0 Å². The molecule has 18 heavy (non-hydrogen) atoms. The lowest BCUT2D eigenvalue weighted by atomic mass is 10.1. The fourth-order valence-corrected chi connectivity index (χ4v) is 1.80. The number of halogens is 2. The molecule has 0 atom stereocenters. The van der Waals surface area contributed by atoms with Gasteiger partial charge in [0.15, 0.2) is 5.82 Å². The van der Waals surface area contributed by atoms with Crippen LogP contribution >= 0.6 is 23.2 Å². The molecule has 0 amide bonds. The van der Waals surface area contributed by atoms with Gasteiger partial charge in [-0.25, -0.2) is 9.97 Å². The highest BCUT2D eigenvalue weighted by Gasteiger charge is 2.10. The predicted octanol–water partition coefficient (Wildman–Crippen LogP) is 3.94. The van der Waals surface area contributed by atoms with Gasteiger partial charge >= 0.3 is 0 Å². The van der Waals surface area contributed by atoms with Crippen molar-refractivity contribution in [3.8, 4) is 17.5 Å². The molecule has 0 aliphatic heterocycles. The third kappa shape index (κ3) is 2.31. The molecule has 0 fully saturated rings. The molecule has 0 saturated carbocycles. The predicted molar refractivity (Wildman–Crippen MR) is 71.7 cm³/mol. The first kappa shape index (κ1) is 12.8. The third-order valence-electron chi connectivity index (χ3n) is 2.67. The second-order valence-corrected chi connectivity index (χ2v) is 4.66. The van der Waals surface area contributed by atoms with Crippen molar-refractivity contribution in [2.75, 3.05) is 0 Å². The summed E-state index contributed by atoms with van der Waals surface area (Å²) in [6, 6.07) is 7.21. The molecule has 0 N–H and O–H groups in total. The van der Waals surface area contributed by atoms with Crippen LogP contribution < -0.4 is 0 Å². The Bertz CT molecular complexity index is 660. The molecule has 0 spiro atoms. The maximum Gasteiger partial charge on any atom is 0.160 e. The molecule has 1 heterocycles. The van der Waals surface area contributed by atoms with Gasteiger partial charge in [-0.05, 0) is 32.0 Å². The second-order valence-electron chi connectivity index (χ2n) is 3.85. The number of nitrogens with zero attached hydrogens (tertiary/aromatic N) is 3. The van der Waals surface area contributed by atoms with Gasteiger partial charge in [-0.1, -0.05) is 23.2 Å². The van der Waals surface area contributed by atoms with Crippen LogP contribution in [0, 0.1) is 25.2 Å². The molecule has 5 heteroatoms. The van der Waals surface area contributed by atoms with E-state index >= 15 is 0 Å². The Morgan fingerprint density at radius 3 is 2.44 bits per heavy atom. The molecule has 1 aromatic carbocycles. The molecule has 0 saturated heterocycles. The van der Waals surface area contributed by atoms with Gasteiger partial charge in [0, 0.05) is 16.8 Å². The maximum absolute atomic E-state index is 9.03. The molecule has 0 aliphatic rings. The lowest BCUT2D eigenvalue weighted by Gasteiger charge is -2.06. The first-order valence-electron chi connectivity index (χ1n) is 5.23. The van der Waals surface area contributed by atoms with Gasteiger partial charge < -0.3 is 0 Å². The summed E-state index contributed by atoms with van der Waals surface area (Å²) in [5.74, 6) is 0.480. The summed E-state index contributed by atoms with van der Waals surface area (Å²) in [6.45, 7) is 3.67. The van der Waals surface area contributed by atoms with Crippen molar-refractivity contribution in [1.82, 2.24) is 9.97 Å². The van der Waals surface area contributed by atoms with E-state index in [1.807, 2.05) is 13.8 Å². The van der Waals surface area contributed by atoms with E-state index in [0.717, 1.165) is 16.8 Å². The Balaban J connectivity index is 2.61. The van der Waals surface area contributed by atoms with Crippen LogP contribution in [0.1, 0.15) is 17.0 Å². The van der Waals surface area contributed by atoms with Crippen LogP contribution in [0.25, 0.3) is 11.4 Å². The SMILES string of the molecule is Cc1nc(-c2ccc(Cl)c(Cl)c2)nc(C#N)c1C. The minimum absolute atomic E-state index is 0.378. The fourth-order valence-electron chi connectivity index (χ4n) is 1.50. The molecule has 3 nitrogen and oxygen atoms in total. The molecule has 0 radical (unpaired) electrons. The standard InChI is InChI=1S/C13H9Cl2N3/c1-7-8(2)17-13(18-12(7)6-16)9-3-4-10(14)11(15)5-9/h3-5H,1-2H3. The smallest absolute Gasteiger partial charge is 0.160 e. The molecule has 2 rings (SSSR count). The van der Waals surface area contributed by atoms with Crippen LogP contribution in [0.2, 0.25) is 10.0 Å². The van der Waals surface area contributed by atoms with Crippen molar-refractivity contribution in [2.45, 2.75) is 13.8 Å². The highest BCUT2D eigenvalue weighted by Crippen LogP contribution is 2.27. The summed E-state index contributed by atoms with van der Waals surface area (Å²) < 4.78 is 0. The monoisotopic (exact) mass is 277 g/mol. The lowest BCUT2D eigenvalue weighted by Crippen LogP contribution is -1.99. The Morgan fingerprint density at radius 2 is 1.83 bits per heavy atom. The van der Waals surface area contributed by atoms with Crippen LogP contribution in [0.15, 0.2) is 18.2 Å². The Morgan fingerprint density at radius 1 is 1.11 bits per heavy atom. The van der Waals surface area contributed by atoms with Crippen molar-refractivity contribution >= 4 is 23.2 Å². The van der Waals surface area contributed by atoms with Crippen molar-refractivity contribution < 1.29 is 0 Å². The van der Waals surface area contributed by atoms with Crippen molar-refractivity contribution in [2.24, 2.45) is 0 Å². The van der Waals surface area contributed by atoms with Gasteiger partial charge in [0.1, 0.15) is 11.8 Å². The second kappa shape index (κ2) is 4.93. The van der Waals surface area contributed by atoms with E-state index in [1.165, 1.54) is 0 Å². The van der Waals surface area contributed by atoms with Crippen LogP contribution in [0.3, 0.4) is 0 Å². The molecule has 1 aromatic heterocycles. The first-order valence-corrected chi connectivity index (χ1v) is 5.99. The number of hydrogen-bond acceptors (Lipinski definition) is 3. The third-order valence-corrected chi connectivity index (χ3v) is 3.41. The molecule has 0 bridgehead atoms. The molecule has 0 aliphatic carbocycles. The summed E-state index contributed by atoms with van der Waals surface area (Å²) in [5.41, 5.74) is 2.69.